The fourth-order valence-electron chi connectivity index (χ4n) is 2.39. The van der Waals surface area contributed by atoms with E-state index in [1.165, 1.54) is 7.05 Å². The lowest BCUT2D eigenvalue weighted by Crippen LogP contribution is -2.62. The van der Waals surface area contributed by atoms with Gasteiger partial charge < -0.3 is 20.7 Å². The molecule has 7 heteroatoms. The average molecular weight is 377 g/mol. The number of likely N-dealkylation sites (N-methyl/N-ethyl adjacent to an activating group) is 1. The number of amides is 3. The number of nitrogens with one attached hydrogen (secondary N) is 3. The summed E-state index contributed by atoms with van der Waals surface area (Å²) in [6, 6.07) is -0.780. The van der Waals surface area contributed by atoms with Crippen molar-refractivity contribution in [1.29, 1.82) is 0 Å². The predicted molar refractivity (Wildman–Crippen MR) is 104 cm³/mol. The van der Waals surface area contributed by atoms with Crippen LogP contribution in [0.25, 0.3) is 0 Å². The number of hydrogen-bond donors (Lipinski definition) is 3. The van der Waals surface area contributed by atoms with Gasteiger partial charge in [-0.05, 0) is 33.1 Å². The van der Waals surface area contributed by atoms with Crippen LogP contribution in [0.2, 0.25) is 0 Å². The van der Waals surface area contributed by atoms with E-state index in [-0.39, 0.29) is 24.7 Å². The standard InChI is InChI=1S/C20H31N3O4/c1-9-11-20(12-10-2,23-18(26)27-19(5,6)7)17(25)22-15(13-14(3)4)16(24)21-8/h1-2,14-15H,11-13H2,3-8H3,(H,21,24)(H,22,25)(H,23,26)/t15-/m1/s1. The number of rotatable bonds is 8. The van der Waals surface area contributed by atoms with Crippen molar-refractivity contribution in [2.75, 3.05) is 7.05 Å². The highest BCUT2D eigenvalue weighted by Crippen LogP contribution is 2.18. The molecule has 0 aliphatic rings. The molecule has 0 unspecified atom stereocenters. The van der Waals surface area contributed by atoms with E-state index in [2.05, 4.69) is 27.8 Å². The van der Waals surface area contributed by atoms with Crippen molar-refractivity contribution in [3.8, 4) is 24.7 Å². The van der Waals surface area contributed by atoms with E-state index in [4.69, 9.17) is 17.6 Å². The molecule has 0 aromatic rings. The van der Waals surface area contributed by atoms with Gasteiger partial charge in [0.15, 0.2) is 0 Å². The summed E-state index contributed by atoms with van der Waals surface area (Å²) in [6.07, 6.45) is 10.1. The number of ether oxygens (including phenoxy) is 1. The van der Waals surface area contributed by atoms with Crippen molar-refractivity contribution in [3.05, 3.63) is 0 Å². The van der Waals surface area contributed by atoms with Gasteiger partial charge in [0.05, 0.1) is 0 Å². The number of alkyl carbamates (subject to hydrolysis) is 1. The first-order valence-electron chi connectivity index (χ1n) is 8.81. The summed E-state index contributed by atoms with van der Waals surface area (Å²) < 4.78 is 5.23. The van der Waals surface area contributed by atoms with Crippen molar-refractivity contribution in [3.63, 3.8) is 0 Å². The second-order valence-corrected chi connectivity index (χ2v) is 7.74. The number of carbonyl (C=O) groups is 3. The summed E-state index contributed by atoms with van der Waals surface area (Å²) in [4.78, 5) is 37.4. The third kappa shape index (κ3) is 8.50. The lowest BCUT2D eigenvalue weighted by Gasteiger charge is -2.33. The lowest BCUT2D eigenvalue weighted by atomic mass is 9.89. The molecule has 0 aromatic heterocycles. The molecule has 7 nitrogen and oxygen atoms in total. The fraction of sp³-hybridized carbons (Fsp3) is 0.650. The van der Waals surface area contributed by atoms with Crippen LogP contribution in [0.3, 0.4) is 0 Å². The van der Waals surface area contributed by atoms with E-state index < -0.39 is 29.2 Å². The largest absolute Gasteiger partial charge is 0.444 e. The van der Waals surface area contributed by atoms with E-state index in [1.54, 1.807) is 20.8 Å². The molecule has 0 bridgehead atoms. The normalized spacial score (nSPS) is 12.3. The smallest absolute Gasteiger partial charge is 0.408 e. The van der Waals surface area contributed by atoms with Crippen LogP contribution in [0.5, 0.6) is 0 Å². The van der Waals surface area contributed by atoms with Crippen LogP contribution in [-0.2, 0) is 14.3 Å². The summed E-state index contributed by atoms with van der Waals surface area (Å²) in [6.45, 7) is 8.94. The lowest BCUT2D eigenvalue weighted by molar-refractivity contribution is -0.132. The van der Waals surface area contributed by atoms with Gasteiger partial charge >= 0.3 is 6.09 Å². The van der Waals surface area contributed by atoms with Gasteiger partial charge in [-0.15, -0.1) is 24.7 Å². The Bertz CT molecular complexity index is 605. The summed E-state index contributed by atoms with van der Waals surface area (Å²) >= 11 is 0. The molecular formula is C20H31N3O4. The number of terminal acetylenes is 2. The summed E-state index contributed by atoms with van der Waals surface area (Å²) in [5.74, 6) is 3.93. The first kappa shape index (κ1) is 24.3. The Morgan fingerprint density at radius 1 is 1.07 bits per heavy atom. The highest BCUT2D eigenvalue weighted by Gasteiger charge is 2.41. The topological polar surface area (TPSA) is 96.5 Å². The van der Waals surface area contributed by atoms with Gasteiger partial charge in [0.1, 0.15) is 17.2 Å². The van der Waals surface area contributed by atoms with Crippen LogP contribution in [0.15, 0.2) is 0 Å². The Morgan fingerprint density at radius 3 is 1.96 bits per heavy atom. The molecule has 0 saturated heterocycles. The summed E-state index contributed by atoms with van der Waals surface area (Å²) in [5, 5.41) is 7.70. The molecule has 0 aliphatic carbocycles. The van der Waals surface area contributed by atoms with Crippen LogP contribution in [0, 0.1) is 30.6 Å². The van der Waals surface area contributed by atoms with Crippen molar-refractivity contribution >= 4 is 17.9 Å². The second-order valence-electron chi connectivity index (χ2n) is 7.74. The minimum Gasteiger partial charge on any atom is -0.444 e. The Labute approximate surface area is 162 Å². The first-order valence-corrected chi connectivity index (χ1v) is 8.81. The molecule has 3 N–H and O–H groups in total. The number of carbonyl (C=O) groups excluding carboxylic acids is 3. The maximum absolute atomic E-state index is 13.0. The van der Waals surface area contributed by atoms with E-state index in [0.29, 0.717) is 6.42 Å². The monoisotopic (exact) mass is 377 g/mol. The fourth-order valence-corrected chi connectivity index (χ4v) is 2.39. The van der Waals surface area contributed by atoms with Gasteiger partial charge in [0, 0.05) is 19.9 Å². The molecule has 0 rings (SSSR count). The van der Waals surface area contributed by atoms with Crippen molar-refractivity contribution < 1.29 is 19.1 Å². The van der Waals surface area contributed by atoms with E-state index >= 15 is 0 Å². The maximum Gasteiger partial charge on any atom is 0.408 e. The SMILES string of the molecule is C#CCC(CC#C)(NC(=O)OC(C)(C)C)C(=O)N[C@H](CC(C)C)C(=O)NC. The molecule has 0 radical (unpaired) electrons. The molecule has 0 aromatic carbocycles. The average Bonchev–Trinajstić information content (AvgIpc) is 2.51. The van der Waals surface area contributed by atoms with Gasteiger partial charge in [-0.3, -0.25) is 9.59 Å². The minimum absolute atomic E-state index is 0.148. The Kier molecular flexibility index (Phi) is 9.44. The zero-order valence-corrected chi connectivity index (χ0v) is 17.1. The molecular weight excluding hydrogens is 346 g/mol. The summed E-state index contributed by atoms with van der Waals surface area (Å²) in [7, 11) is 1.48. The molecule has 0 spiro atoms. The highest BCUT2D eigenvalue weighted by atomic mass is 16.6. The Balaban J connectivity index is 5.68. The zero-order chi connectivity index (χ0) is 21.3. The molecule has 27 heavy (non-hydrogen) atoms. The molecule has 150 valence electrons. The third-order valence-electron chi connectivity index (χ3n) is 3.56. The second kappa shape index (κ2) is 10.5. The Morgan fingerprint density at radius 2 is 1.59 bits per heavy atom. The molecule has 0 heterocycles. The molecule has 0 fully saturated rings. The van der Waals surface area contributed by atoms with Gasteiger partial charge in [-0.1, -0.05) is 13.8 Å². The molecule has 0 aliphatic heterocycles. The zero-order valence-electron chi connectivity index (χ0n) is 17.1. The Hall–Kier alpha value is -2.67. The van der Waals surface area contributed by atoms with E-state index in [1.807, 2.05) is 13.8 Å². The highest BCUT2D eigenvalue weighted by molar-refractivity contribution is 5.94. The van der Waals surface area contributed by atoms with Crippen LogP contribution in [0.1, 0.15) is 53.9 Å². The maximum atomic E-state index is 13.0. The minimum atomic E-state index is -1.57. The molecule has 1 atom stereocenters. The van der Waals surface area contributed by atoms with Crippen molar-refractivity contribution in [2.45, 2.75) is 71.1 Å². The predicted octanol–water partition coefficient (Wildman–Crippen LogP) is 1.57. The van der Waals surface area contributed by atoms with Gasteiger partial charge in [-0.25, -0.2) is 4.79 Å². The van der Waals surface area contributed by atoms with Crippen LogP contribution < -0.4 is 16.0 Å². The van der Waals surface area contributed by atoms with E-state index in [0.717, 1.165) is 0 Å². The van der Waals surface area contributed by atoms with Crippen LogP contribution in [0.4, 0.5) is 4.79 Å². The molecule has 0 saturated carbocycles. The molecule has 3 amide bonds. The van der Waals surface area contributed by atoms with Gasteiger partial charge in [-0.2, -0.15) is 0 Å². The third-order valence-corrected chi connectivity index (χ3v) is 3.56. The van der Waals surface area contributed by atoms with E-state index in [9.17, 15) is 14.4 Å². The van der Waals surface area contributed by atoms with Crippen molar-refractivity contribution in [1.82, 2.24) is 16.0 Å². The first-order chi connectivity index (χ1) is 12.4. The van der Waals surface area contributed by atoms with Crippen molar-refractivity contribution in [2.24, 2.45) is 5.92 Å². The van der Waals surface area contributed by atoms with Crippen LogP contribution >= 0.6 is 0 Å². The van der Waals surface area contributed by atoms with Gasteiger partial charge in [0.25, 0.3) is 0 Å². The summed E-state index contributed by atoms with van der Waals surface area (Å²) in [5.41, 5.74) is -2.34. The quantitative estimate of drug-likeness (QED) is 0.560. The number of hydrogen-bond acceptors (Lipinski definition) is 4. The van der Waals surface area contributed by atoms with Gasteiger partial charge in [0.2, 0.25) is 11.8 Å². The van der Waals surface area contributed by atoms with Crippen LogP contribution in [-0.4, -0.2) is 42.1 Å².